The van der Waals surface area contributed by atoms with Crippen LogP contribution >= 0.6 is 11.5 Å². The molecule has 1 rings (SSSR count). The van der Waals surface area contributed by atoms with E-state index >= 15 is 0 Å². The summed E-state index contributed by atoms with van der Waals surface area (Å²) < 4.78 is 9.24. The zero-order valence-corrected chi connectivity index (χ0v) is 10.6. The number of ether oxygens (including phenoxy) is 1. The number of aromatic nitrogens is 1. The number of hydrogen-bond acceptors (Lipinski definition) is 4. The van der Waals surface area contributed by atoms with Crippen LogP contribution < -0.4 is 10.1 Å². The van der Waals surface area contributed by atoms with Crippen LogP contribution in [0.2, 0.25) is 0 Å². The van der Waals surface area contributed by atoms with E-state index in [1.165, 1.54) is 35.7 Å². The first kappa shape index (κ1) is 12.5. The van der Waals surface area contributed by atoms with Gasteiger partial charge in [0.1, 0.15) is 0 Å². The predicted molar refractivity (Wildman–Crippen MR) is 64.6 cm³/mol. The summed E-state index contributed by atoms with van der Waals surface area (Å²) in [6, 6.07) is 2.38. The van der Waals surface area contributed by atoms with E-state index in [0.29, 0.717) is 6.04 Å². The molecule has 1 unspecified atom stereocenters. The highest BCUT2D eigenvalue weighted by molar-refractivity contribution is 7.06. The van der Waals surface area contributed by atoms with Crippen molar-refractivity contribution in [2.75, 3.05) is 13.7 Å². The highest BCUT2D eigenvalue weighted by Crippen LogP contribution is 2.22. The molecule has 4 heteroatoms. The van der Waals surface area contributed by atoms with Gasteiger partial charge in [0.2, 0.25) is 5.88 Å². The molecule has 1 atom stereocenters. The summed E-state index contributed by atoms with van der Waals surface area (Å²) >= 11 is 1.51. The highest BCUT2D eigenvalue weighted by Gasteiger charge is 2.08. The molecule has 0 spiro atoms. The van der Waals surface area contributed by atoms with Gasteiger partial charge in [-0.05, 0) is 31.4 Å². The maximum absolute atomic E-state index is 5.06. The van der Waals surface area contributed by atoms with Gasteiger partial charge in [0.25, 0.3) is 0 Å². The maximum Gasteiger partial charge on any atom is 0.225 e. The van der Waals surface area contributed by atoms with Gasteiger partial charge in [-0.25, -0.2) is 0 Å². The third-order valence-corrected chi connectivity index (χ3v) is 3.33. The molecule has 0 aliphatic heterocycles. The van der Waals surface area contributed by atoms with Crippen LogP contribution in [0.5, 0.6) is 5.88 Å². The van der Waals surface area contributed by atoms with E-state index in [-0.39, 0.29) is 0 Å². The normalized spacial score (nSPS) is 12.7. The molecule has 0 fully saturated rings. The third kappa shape index (κ3) is 4.18. The highest BCUT2D eigenvalue weighted by atomic mass is 32.1. The minimum Gasteiger partial charge on any atom is -0.480 e. The average molecular weight is 228 g/mol. The lowest BCUT2D eigenvalue weighted by molar-refractivity contribution is 0.402. The number of rotatable bonds is 7. The van der Waals surface area contributed by atoms with E-state index in [9.17, 15) is 0 Å². The summed E-state index contributed by atoms with van der Waals surface area (Å²) in [5, 5.41) is 3.49. The standard InChI is InChI=1S/C11H20N2OS/c1-4-5-6-7-12-9(2)10-8-11(14-3)13-15-10/h8-9,12H,4-7H2,1-3H3. The molecule has 1 N–H and O–H groups in total. The van der Waals surface area contributed by atoms with Crippen LogP contribution in [0.3, 0.4) is 0 Å². The van der Waals surface area contributed by atoms with Gasteiger partial charge in [-0.1, -0.05) is 19.8 Å². The number of nitrogens with zero attached hydrogens (tertiary/aromatic N) is 1. The second kappa shape index (κ2) is 6.80. The molecule has 0 aliphatic rings. The number of unbranched alkanes of at least 4 members (excludes halogenated alkanes) is 2. The SMILES string of the molecule is CCCCCNC(C)c1cc(OC)ns1. The largest absolute Gasteiger partial charge is 0.480 e. The van der Waals surface area contributed by atoms with Crippen molar-refractivity contribution in [1.29, 1.82) is 0 Å². The van der Waals surface area contributed by atoms with Crippen molar-refractivity contribution in [3.05, 3.63) is 10.9 Å². The quantitative estimate of drug-likeness (QED) is 0.728. The molecule has 86 valence electrons. The van der Waals surface area contributed by atoms with Crippen molar-refractivity contribution in [3.8, 4) is 5.88 Å². The molecule has 0 saturated carbocycles. The Morgan fingerprint density at radius 3 is 2.93 bits per heavy atom. The van der Waals surface area contributed by atoms with Crippen molar-refractivity contribution in [3.63, 3.8) is 0 Å². The molecular formula is C11H20N2OS. The first-order valence-corrected chi connectivity index (χ1v) is 6.29. The molecule has 0 aliphatic carbocycles. The Morgan fingerprint density at radius 2 is 2.33 bits per heavy atom. The Balaban J connectivity index is 2.29. The van der Waals surface area contributed by atoms with Gasteiger partial charge >= 0.3 is 0 Å². The molecule has 0 radical (unpaired) electrons. The maximum atomic E-state index is 5.06. The van der Waals surface area contributed by atoms with Gasteiger partial charge in [-0.2, -0.15) is 4.37 Å². The molecule has 0 aromatic carbocycles. The van der Waals surface area contributed by atoms with Crippen molar-refractivity contribution in [2.45, 2.75) is 39.2 Å². The van der Waals surface area contributed by atoms with Gasteiger partial charge in [0.15, 0.2) is 0 Å². The van der Waals surface area contributed by atoms with E-state index in [0.717, 1.165) is 12.4 Å². The number of methoxy groups -OCH3 is 1. The van der Waals surface area contributed by atoms with Crippen LogP contribution in [0, 0.1) is 0 Å². The Morgan fingerprint density at radius 1 is 1.53 bits per heavy atom. The van der Waals surface area contributed by atoms with E-state index in [4.69, 9.17) is 4.74 Å². The molecule has 0 bridgehead atoms. The van der Waals surface area contributed by atoms with Crippen molar-refractivity contribution in [2.24, 2.45) is 0 Å². The zero-order chi connectivity index (χ0) is 11.1. The van der Waals surface area contributed by atoms with Crippen molar-refractivity contribution < 1.29 is 4.74 Å². The molecule has 15 heavy (non-hydrogen) atoms. The Hall–Kier alpha value is -0.610. The van der Waals surface area contributed by atoms with Crippen LogP contribution in [-0.2, 0) is 0 Å². The molecule has 3 nitrogen and oxygen atoms in total. The Kier molecular flexibility index (Phi) is 5.65. The summed E-state index contributed by atoms with van der Waals surface area (Å²) in [5.41, 5.74) is 0. The fraction of sp³-hybridized carbons (Fsp3) is 0.727. The average Bonchev–Trinajstić information content (AvgIpc) is 2.72. The second-order valence-corrected chi connectivity index (χ2v) is 4.49. The van der Waals surface area contributed by atoms with E-state index < -0.39 is 0 Å². The van der Waals surface area contributed by atoms with Gasteiger partial charge in [-0.3, -0.25) is 0 Å². The molecule has 1 aromatic heterocycles. The van der Waals surface area contributed by atoms with E-state index in [1.54, 1.807) is 7.11 Å². The third-order valence-electron chi connectivity index (χ3n) is 2.37. The lowest BCUT2D eigenvalue weighted by atomic mass is 10.2. The van der Waals surface area contributed by atoms with Crippen LogP contribution in [-0.4, -0.2) is 18.0 Å². The summed E-state index contributed by atoms with van der Waals surface area (Å²) in [4.78, 5) is 1.24. The summed E-state index contributed by atoms with van der Waals surface area (Å²) in [6.07, 6.45) is 3.81. The van der Waals surface area contributed by atoms with Crippen molar-refractivity contribution in [1.82, 2.24) is 9.69 Å². The van der Waals surface area contributed by atoms with Crippen LogP contribution in [0.15, 0.2) is 6.07 Å². The lowest BCUT2D eigenvalue weighted by Gasteiger charge is -2.10. The minimum absolute atomic E-state index is 0.378. The van der Waals surface area contributed by atoms with Crippen LogP contribution in [0.25, 0.3) is 0 Å². The molecule has 0 saturated heterocycles. The summed E-state index contributed by atoms with van der Waals surface area (Å²) in [6.45, 7) is 5.46. The predicted octanol–water partition coefficient (Wildman–Crippen LogP) is 2.99. The summed E-state index contributed by atoms with van der Waals surface area (Å²) in [7, 11) is 1.65. The Bertz CT molecular complexity index is 275. The van der Waals surface area contributed by atoms with Gasteiger partial charge in [-0.15, -0.1) is 0 Å². The zero-order valence-electron chi connectivity index (χ0n) is 9.75. The van der Waals surface area contributed by atoms with Gasteiger partial charge in [0, 0.05) is 17.0 Å². The fourth-order valence-corrected chi connectivity index (χ4v) is 2.08. The Labute approximate surface area is 96.0 Å². The first-order chi connectivity index (χ1) is 7.27. The van der Waals surface area contributed by atoms with Gasteiger partial charge in [0.05, 0.1) is 7.11 Å². The molecule has 0 amide bonds. The number of nitrogens with one attached hydrogen (secondary N) is 1. The molecule has 1 aromatic rings. The smallest absolute Gasteiger partial charge is 0.225 e. The topological polar surface area (TPSA) is 34.1 Å². The fourth-order valence-electron chi connectivity index (χ4n) is 1.37. The lowest BCUT2D eigenvalue weighted by Crippen LogP contribution is -2.18. The monoisotopic (exact) mass is 228 g/mol. The minimum atomic E-state index is 0.378. The van der Waals surface area contributed by atoms with Crippen molar-refractivity contribution >= 4 is 11.5 Å². The summed E-state index contributed by atoms with van der Waals surface area (Å²) in [5.74, 6) is 0.720. The van der Waals surface area contributed by atoms with Crippen LogP contribution in [0.4, 0.5) is 0 Å². The number of hydrogen-bond donors (Lipinski definition) is 1. The van der Waals surface area contributed by atoms with Gasteiger partial charge < -0.3 is 10.1 Å². The van der Waals surface area contributed by atoms with E-state index in [2.05, 4.69) is 23.5 Å². The van der Waals surface area contributed by atoms with E-state index in [1.807, 2.05) is 6.07 Å². The first-order valence-electron chi connectivity index (χ1n) is 5.52. The molecule has 1 heterocycles. The second-order valence-electron chi connectivity index (χ2n) is 3.65. The molecular weight excluding hydrogens is 208 g/mol. The van der Waals surface area contributed by atoms with Crippen LogP contribution in [0.1, 0.15) is 44.0 Å².